The Kier molecular flexibility index (Phi) is 9.82. The molecular weight excluding hydrogens is 332 g/mol. The normalized spacial score (nSPS) is 14.3. The quantitative estimate of drug-likeness (QED) is 0.317. The molecule has 0 atom stereocenters. The third-order valence-corrected chi connectivity index (χ3v) is 3.92. The van der Waals surface area contributed by atoms with Gasteiger partial charge in [0.2, 0.25) is 5.88 Å². The van der Waals surface area contributed by atoms with Gasteiger partial charge in [0.1, 0.15) is 0 Å². The van der Waals surface area contributed by atoms with Crippen LogP contribution in [0.25, 0.3) is 0 Å². The van der Waals surface area contributed by atoms with E-state index in [1.54, 1.807) is 13.3 Å². The van der Waals surface area contributed by atoms with Crippen LogP contribution in [0.1, 0.15) is 31.7 Å². The second-order valence-electron chi connectivity index (χ2n) is 6.34. The molecule has 2 rings (SSSR count). The molecule has 0 aromatic carbocycles. The first-order valence-electron chi connectivity index (χ1n) is 9.48. The largest absolute Gasteiger partial charge is 0.477 e. The lowest BCUT2D eigenvalue weighted by Gasteiger charge is -2.11. The minimum absolute atomic E-state index is 0.585. The van der Waals surface area contributed by atoms with Gasteiger partial charge in [-0.25, -0.2) is 9.98 Å². The zero-order valence-corrected chi connectivity index (χ0v) is 16.0. The van der Waals surface area contributed by atoms with E-state index >= 15 is 0 Å². The van der Waals surface area contributed by atoms with E-state index in [9.17, 15) is 0 Å². The Morgan fingerprint density at radius 2 is 2.15 bits per heavy atom. The molecule has 1 heterocycles. The lowest BCUT2D eigenvalue weighted by atomic mass is 10.3. The number of pyridine rings is 1. The molecule has 1 aromatic heterocycles. The van der Waals surface area contributed by atoms with Gasteiger partial charge >= 0.3 is 0 Å². The van der Waals surface area contributed by atoms with Crippen molar-refractivity contribution in [3.8, 4) is 5.88 Å². The van der Waals surface area contributed by atoms with Crippen LogP contribution in [0, 0.1) is 5.92 Å². The molecule has 1 saturated carbocycles. The molecule has 0 spiro atoms. The highest BCUT2D eigenvalue weighted by molar-refractivity contribution is 5.79. The average Bonchev–Trinajstić information content (AvgIpc) is 3.48. The molecule has 1 fully saturated rings. The molecule has 0 amide bonds. The lowest BCUT2D eigenvalue weighted by molar-refractivity contribution is 0.0698. The standard InChI is InChI=1S/C19H32N4O3/c1-3-20-19(22-8-4-10-25-12-11-24-2)23-14-17-7-9-21-18(13-17)26-15-16-5-6-16/h7,9,13,16H,3-6,8,10-12,14-15H2,1-2H3,(H2,20,22,23). The zero-order valence-electron chi connectivity index (χ0n) is 16.0. The molecule has 0 bridgehead atoms. The predicted molar refractivity (Wildman–Crippen MR) is 103 cm³/mol. The number of nitrogens with one attached hydrogen (secondary N) is 2. The highest BCUT2D eigenvalue weighted by atomic mass is 16.5. The summed E-state index contributed by atoms with van der Waals surface area (Å²) in [4.78, 5) is 8.90. The molecule has 1 aromatic rings. The molecule has 0 aliphatic heterocycles. The van der Waals surface area contributed by atoms with Crippen LogP contribution in [-0.4, -0.2) is 57.6 Å². The lowest BCUT2D eigenvalue weighted by Crippen LogP contribution is -2.38. The van der Waals surface area contributed by atoms with Crippen molar-refractivity contribution in [1.29, 1.82) is 0 Å². The van der Waals surface area contributed by atoms with Gasteiger partial charge in [-0.15, -0.1) is 0 Å². The molecule has 7 nitrogen and oxygen atoms in total. The first-order valence-corrected chi connectivity index (χ1v) is 9.48. The van der Waals surface area contributed by atoms with Crippen molar-refractivity contribution in [3.05, 3.63) is 23.9 Å². The first-order chi connectivity index (χ1) is 12.8. The fraction of sp³-hybridized carbons (Fsp3) is 0.684. The summed E-state index contributed by atoms with van der Waals surface area (Å²) in [5.41, 5.74) is 1.09. The van der Waals surface area contributed by atoms with Crippen molar-refractivity contribution in [2.75, 3.05) is 46.6 Å². The fourth-order valence-electron chi connectivity index (χ4n) is 2.25. The topological polar surface area (TPSA) is 77.0 Å². The summed E-state index contributed by atoms with van der Waals surface area (Å²) in [6, 6.07) is 3.94. The molecular formula is C19H32N4O3. The van der Waals surface area contributed by atoms with Gasteiger partial charge in [0.05, 0.1) is 26.4 Å². The van der Waals surface area contributed by atoms with E-state index in [1.165, 1.54) is 12.8 Å². The van der Waals surface area contributed by atoms with Crippen LogP contribution < -0.4 is 15.4 Å². The van der Waals surface area contributed by atoms with Crippen molar-refractivity contribution in [3.63, 3.8) is 0 Å². The summed E-state index contributed by atoms with van der Waals surface area (Å²) < 4.78 is 16.1. The van der Waals surface area contributed by atoms with Crippen molar-refractivity contribution >= 4 is 5.96 Å². The highest BCUT2D eigenvalue weighted by Gasteiger charge is 2.22. The van der Waals surface area contributed by atoms with Gasteiger partial charge in [-0.3, -0.25) is 0 Å². The van der Waals surface area contributed by atoms with E-state index in [1.807, 2.05) is 12.1 Å². The Morgan fingerprint density at radius 1 is 1.27 bits per heavy atom. The van der Waals surface area contributed by atoms with Crippen LogP contribution in [0.2, 0.25) is 0 Å². The third-order valence-electron chi connectivity index (χ3n) is 3.92. The highest BCUT2D eigenvalue weighted by Crippen LogP contribution is 2.29. The maximum Gasteiger partial charge on any atom is 0.213 e. The summed E-state index contributed by atoms with van der Waals surface area (Å²) in [6.07, 6.45) is 5.26. The number of hydrogen-bond acceptors (Lipinski definition) is 5. The van der Waals surface area contributed by atoms with Gasteiger partial charge in [-0.05, 0) is 43.7 Å². The van der Waals surface area contributed by atoms with Gasteiger partial charge in [0.25, 0.3) is 0 Å². The number of methoxy groups -OCH3 is 1. The van der Waals surface area contributed by atoms with Gasteiger partial charge in [0, 0.05) is 39.1 Å². The fourth-order valence-corrected chi connectivity index (χ4v) is 2.25. The van der Waals surface area contributed by atoms with Gasteiger partial charge in [-0.1, -0.05) is 0 Å². The van der Waals surface area contributed by atoms with Crippen LogP contribution in [0.3, 0.4) is 0 Å². The number of ether oxygens (including phenoxy) is 3. The SMILES string of the molecule is CCNC(=NCc1ccnc(OCC2CC2)c1)NCCCOCCOC. The number of aromatic nitrogens is 1. The van der Waals surface area contributed by atoms with Crippen molar-refractivity contribution in [1.82, 2.24) is 15.6 Å². The Labute approximate surface area is 156 Å². The molecule has 0 radical (unpaired) electrons. The number of hydrogen-bond donors (Lipinski definition) is 2. The Balaban J connectivity index is 1.71. The Bertz CT molecular complexity index is 535. The molecule has 7 heteroatoms. The second-order valence-corrected chi connectivity index (χ2v) is 6.34. The minimum atomic E-state index is 0.585. The number of rotatable bonds is 13. The maximum absolute atomic E-state index is 5.73. The first kappa shape index (κ1) is 20.5. The van der Waals surface area contributed by atoms with Gasteiger partial charge in [0.15, 0.2) is 5.96 Å². The molecule has 26 heavy (non-hydrogen) atoms. The molecule has 1 aliphatic carbocycles. The van der Waals surface area contributed by atoms with E-state index in [2.05, 4.69) is 27.5 Å². The van der Waals surface area contributed by atoms with E-state index in [0.29, 0.717) is 32.2 Å². The predicted octanol–water partition coefficient (Wildman–Crippen LogP) is 1.98. The smallest absolute Gasteiger partial charge is 0.213 e. The van der Waals surface area contributed by atoms with Gasteiger partial charge < -0.3 is 24.8 Å². The van der Waals surface area contributed by atoms with E-state index in [0.717, 1.165) is 43.6 Å². The zero-order chi connectivity index (χ0) is 18.5. The van der Waals surface area contributed by atoms with E-state index in [4.69, 9.17) is 14.2 Å². The monoisotopic (exact) mass is 364 g/mol. The summed E-state index contributed by atoms with van der Waals surface area (Å²) in [6.45, 7) is 7.03. The van der Waals surface area contributed by atoms with E-state index in [-0.39, 0.29) is 0 Å². The minimum Gasteiger partial charge on any atom is -0.477 e. The van der Waals surface area contributed by atoms with Crippen LogP contribution in [0.5, 0.6) is 5.88 Å². The van der Waals surface area contributed by atoms with Crippen LogP contribution in [-0.2, 0) is 16.0 Å². The molecule has 1 aliphatic rings. The van der Waals surface area contributed by atoms with Crippen LogP contribution in [0.4, 0.5) is 0 Å². The Hall–Kier alpha value is -1.86. The Morgan fingerprint density at radius 3 is 2.92 bits per heavy atom. The average molecular weight is 364 g/mol. The summed E-state index contributed by atoms with van der Waals surface area (Å²) in [5, 5.41) is 6.58. The third kappa shape index (κ3) is 9.01. The van der Waals surface area contributed by atoms with Crippen molar-refractivity contribution in [2.45, 2.75) is 32.7 Å². The summed E-state index contributed by atoms with van der Waals surface area (Å²) in [5.74, 6) is 2.22. The number of nitrogens with zero attached hydrogens (tertiary/aromatic N) is 2. The number of guanidine groups is 1. The van der Waals surface area contributed by atoms with Crippen LogP contribution in [0.15, 0.2) is 23.3 Å². The summed E-state index contributed by atoms with van der Waals surface area (Å²) >= 11 is 0. The molecule has 146 valence electrons. The number of aliphatic imine (C=N–C) groups is 1. The summed E-state index contributed by atoms with van der Waals surface area (Å²) in [7, 11) is 1.68. The molecule has 0 saturated heterocycles. The molecule has 0 unspecified atom stereocenters. The van der Waals surface area contributed by atoms with Gasteiger partial charge in [-0.2, -0.15) is 0 Å². The van der Waals surface area contributed by atoms with Crippen molar-refractivity contribution in [2.24, 2.45) is 10.9 Å². The van der Waals surface area contributed by atoms with Crippen LogP contribution >= 0.6 is 0 Å². The van der Waals surface area contributed by atoms with E-state index < -0.39 is 0 Å². The van der Waals surface area contributed by atoms with Crippen molar-refractivity contribution < 1.29 is 14.2 Å². The molecule has 2 N–H and O–H groups in total. The maximum atomic E-state index is 5.73. The second kappa shape index (κ2) is 12.5.